The summed E-state index contributed by atoms with van der Waals surface area (Å²) in [6, 6.07) is 14.8. The standard InChI is InChI=1S/C22H25N3O3/c1-4-15-10-12-16(13-11-15)19-20(17-8-6-7-9-18(17)24-19)25-22(27)23-14(3)21(26)28-5-2/h6-14,24H,4-5H2,1-3H3,(H2,23,25,27)/t14-/m1/s1. The lowest BCUT2D eigenvalue weighted by Gasteiger charge is -2.14. The number of ether oxygens (including phenoxy) is 1. The summed E-state index contributed by atoms with van der Waals surface area (Å²) in [5, 5.41) is 6.42. The highest BCUT2D eigenvalue weighted by Crippen LogP contribution is 2.35. The lowest BCUT2D eigenvalue weighted by molar-refractivity contribution is -0.144. The molecule has 0 radical (unpaired) electrons. The number of H-pyrrole nitrogens is 1. The molecule has 6 heteroatoms. The first-order valence-electron chi connectivity index (χ1n) is 9.47. The van der Waals surface area contributed by atoms with Crippen LogP contribution in [0.4, 0.5) is 10.5 Å². The maximum Gasteiger partial charge on any atom is 0.328 e. The summed E-state index contributed by atoms with van der Waals surface area (Å²) in [4.78, 5) is 27.7. The van der Waals surface area contributed by atoms with E-state index < -0.39 is 18.0 Å². The van der Waals surface area contributed by atoms with Crippen LogP contribution in [0.3, 0.4) is 0 Å². The highest BCUT2D eigenvalue weighted by atomic mass is 16.5. The van der Waals surface area contributed by atoms with Gasteiger partial charge >= 0.3 is 12.0 Å². The molecule has 1 aromatic heterocycles. The quantitative estimate of drug-likeness (QED) is 0.553. The molecule has 0 unspecified atom stereocenters. The summed E-state index contributed by atoms with van der Waals surface area (Å²) in [6.07, 6.45) is 0.965. The van der Waals surface area contributed by atoms with Gasteiger partial charge in [-0.15, -0.1) is 0 Å². The minimum atomic E-state index is -0.738. The van der Waals surface area contributed by atoms with E-state index in [0.29, 0.717) is 5.69 Å². The Morgan fingerprint density at radius 2 is 1.79 bits per heavy atom. The van der Waals surface area contributed by atoms with Gasteiger partial charge in [0.05, 0.1) is 18.0 Å². The molecule has 0 bridgehead atoms. The molecule has 1 atom stereocenters. The monoisotopic (exact) mass is 379 g/mol. The first-order valence-corrected chi connectivity index (χ1v) is 9.47. The van der Waals surface area contributed by atoms with Crippen molar-refractivity contribution in [2.24, 2.45) is 0 Å². The fraction of sp³-hybridized carbons (Fsp3) is 0.273. The van der Waals surface area contributed by atoms with Crippen molar-refractivity contribution >= 4 is 28.6 Å². The van der Waals surface area contributed by atoms with Gasteiger partial charge in [-0.25, -0.2) is 9.59 Å². The van der Waals surface area contributed by atoms with E-state index in [2.05, 4.69) is 34.7 Å². The molecule has 2 aromatic carbocycles. The van der Waals surface area contributed by atoms with Crippen molar-refractivity contribution in [3.8, 4) is 11.3 Å². The summed E-state index contributed by atoms with van der Waals surface area (Å²) < 4.78 is 4.94. The zero-order chi connectivity index (χ0) is 20.1. The summed E-state index contributed by atoms with van der Waals surface area (Å²) in [6.45, 7) is 5.71. The second-order valence-corrected chi connectivity index (χ2v) is 6.54. The average molecular weight is 379 g/mol. The average Bonchev–Trinajstić information content (AvgIpc) is 3.06. The molecule has 0 aliphatic rings. The minimum Gasteiger partial charge on any atom is -0.464 e. The number of hydrogen-bond acceptors (Lipinski definition) is 3. The molecule has 0 aliphatic heterocycles. The number of carbonyl (C=O) groups excluding carboxylic acids is 2. The van der Waals surface area contributed by atoms with Crippen LogP contribution in [0.1, 0.15) is 26.3 Å². The van der Waals surface area contributed by atoms with E-state index in [1.165, 1.54) is 5.56 Å². The predicted octanol–water partition coefficient (Wildman–Crippen LogP) is 4.47. The number of para-hydroxylation sites is 1. The van der Waals surface area contributed by atoms with Gasteiger partial charge in [0.1, 0.15) is 6.04 Å². The third-order valence-electron chi connectivity index (χ3n) is 4.58. The number of aryl methyl sites for hydroxylation is 1. The third kappa shape index (κ3) is 4.17. The van der Waals surface area contributed by atoms with Crippen LogP contribution in [-0.4, -0.2) is 29.6 Å². The molecule has 2 amide bonds. The number of hydrogen-bond donors (Lipinski definition) is 3. The summed E-state index contributed by atoms with van der Waals surface area (Å²) in [5.74, 6) is -0.466. The molecule has 3 rings (SSSR count). The van der Waals surface area contributed by atoms with Crippen LogP contribution in [0.5, 0.6) is 0 Å². The number of fused-ring (bicyclic) bond motifs is 1. The Morgan fingerprint density at radius 3 is 2.46 bits per heavy atom. The maximum atomic E-state index is 12.5. The number of nitrogens with one attached hydrogen (secondary N) is 3. The van der Waals surface area contributed by atoms with Crippen LogP contribution in [0.15, 0.2) is 48.5 Å². The lowest BCUT2D eigenvalue weighted by atomic mass is 10.1. The predicted molar refractivity (Wildman–Crippen MR) is 111 cm³/mol. The Kier molecular flexibility index (Phi) is 5.99. The van der Waals surface area contributed by atoms with Crippen molar-refractivity contribution in [3.05, 3.63) is 54.1 Å². The van der Waals surface area contributed by atoms with Crippen LogP contribution < -0.4 is 10.6 Å². The van der Waals surface area contributed by atoms with Gasteiger partial charge in [0.25, 0.3) is 0 Å². The summed E-state index contributed by atoms with van der Waals surface area (Å²) in [5.41, 5.74) is 4.64. The van der Waals surface area contributed by atoms with E-state index in [1.807, 2.05) is 36.4 Å². The molecule has 0 spiro atoms. The Labute approximate surface area is 164 Å². The van der Waals surface area contributed by atoms with Crippen LogP contribution in [0.25, 0.3) is 22.2 Å². The van der Waals surface area contributed by atoms with Crippen molar-refractivity contribution in [3.63, 3.8) is 0 Å². The molecule has 0 saturated carbocycles. The number of benzene rings is 2. The van der Waals surface area contributed by atoms with Crippen molar-refractivity contribution < 1.29 is 14.3 Å². The highest BCUT2D eigenvalue weighted by molar-refractivity contribution is 6.08. The summed E-state index contributed by atoms with van der Waals surface area (Å²) >= 11 is 0. The Morgan fingerprint density at radius 1 is 1.07 bits per heavy atom. The van der Waals surface area contributed by atoms with Crippen LogP contribution in [0.2, 0.25) is 0 Å². The second kappa shape index (κ2) is 8.61. The normalized spacial score (nSPS) is 11.8. The fourth-order valence-electron chi connectivity index (χ4n) is 3.07. The lowest BCUT2D eigenvalue weighted by Crippen LogP contribution is -2.41. The van der Waals surface area contributed by atoms with Gasteiger partial charge in [-0.2, -0.15) is 0 Å². The zero-order valence-electron chi connectivity index (χ0n) is 16.3. The molecule has 1 heterocycles. The molecule has 0 fully saturated rings. The molecule has 0 aliphatic carbocycles. The van der Waals surface area contributed by atoms with Gasteiger partial charge in [-0.05, 0) is 31.9 Å². The van der Waals surface area contributed by atoms with Gasteiger partial charge in [0, 0.05) is 16.5 Å². The molecule has 3 N–H and O–H groups in total. The topological polar surface area (TPSA) is 83.2 Å². The molecule has 6 nitrogen and oxygen atoms in total. The maximum absolute atomic E-state index is 12.5. The SMILES string of the molecule is CCOC(=O)[C@@H](C)NC(=O)Nc1c(-c2ccc(CC)cc2)[nH]c2ccccc12. The second-order valence-electron chi connectivity index (χ2n) is 6.54. The van der Waals surface area contributed by atoms with E-state index in [1.54, 1.807) is 13.8 Å². The zero-order valence-corrected chi connectivity index (χ0v) is 16.3. The van der Waals surface area contributed by atoms with E-state index in [4.69, 9.17) is 4.74 Å². The minimum absolute atomic E-state index is 0.271. The number of anilines is 1. The molecule has 28 heavy (non-hydrogen) atoms. The Balaban J connectivity index is 1.90. The van der Waals surface area contributed by atoms with Crippen LogP contribution >= 0.6 is 0 Å². The molecule has 146 valence electrons. The first kappa shape index (κ1) is 19.5. The van der Waals surface area contributed by atoms with Crippen molar-refractivity contribution in [2.45, 2.75) is 33.2 Å². The highest BCUT2D eigenvalue weighted by Gasteiger charge is 2.19. The van der Waals surface area contributed by atoms with E-state index in [-0.39, 0.29) is 6.61 Å². The number of aromatic nitrogens is 1. The fourth-order valence-corrected chi connectivity index (χ4v) is 3.07. The van der Waals surface area contributed by atoms with E-state index in [9.17, 15) is 9.59 Å². The van der Waals surface area contributed by atoms with Crippen molar-refractivity contribution in [2.75, 3.05) is 11.9 Å². The van der Waals surface area contributed by atoms with Gasteiger partial charge in [0.15, 0.2) is 0 Å². The molecule has 0 saturated heterocycles. The number of esters is 1. The Hall–Kier alpha value is -3.28. The van der Waals surface area contributed by atoms with Gasteiger partial charge in [-0.1, -0.05) is 49.4 Å². The van der Waals surface area contributed by atoms with Crippen molar-refractivity contribution in [1.29, 1.82) is 0 Å². The number of amides is 2. The Bertz CT molecular complexity index is 976. The van der Waals surface area contributed by atoms with Gasteiger partial charge in [0.2, 0.25) is 0 Å². The number of urea groups is 1. The molecular weight excluding hydrogens is 354 g/mol. The van der Waals surface area contributed by atoms with Gasteiger partial charge < -0.3 is 20.4 Å². The van der Waals surface area contributed by atoms with Crippen LogP contribution in [-0.2, 0) is 16.0 Å². The first-order chi connectivity index (χ1) is 13.5. The molecule has 3 aromatic rings. The number of carbonyl (C=O) groups is 2. The molecular formula is C22H25N3O3. The van der Waals surface area contributed by atoms with E-state index in [0.717, 1.165) is 28.6 Å². The van der Waals surface area contributed by atoms with Gasteiger partial charge in [-0.3, -0.25) is 0 Å². The number of aromatic amines is 1. The third-order valence-corrected chi connectivity index (χ3v) is 4.58. The van der Waals surface area contributed by atoms with Crippen molar-refractivity contribution in [1.82, 2.24) is 10.3 Å². The number of rotatable bonds is 6. The summed E-state index contributed by atoms with van der Waals surface area (Å²) in [7, 11) is 0. The van der Waals surface area contributed by atoms with Crippen LogP contribution in [0, 0.1) is 0 Å². The largest absolute Gasteiger partial charge is 0.464 e. The van der Waals surface area contributed by atoms with E-state index >= 15 is 0 Å². The smallest absolute Gasteiger partial charge is 0.328 e.